The van der Waals surface area contributed by atoms with Crippen LogP contribution in [0.25, 0.3) is 10.8 Å². The summed E-state index contributed by atoms with van der Waals surface area (Å²) in [5.74, 6) is -4.28. The summed E-state index contributed by atoms with van der Waals surface area (Å²) in [5.41, 5.74) is 0.862. The number of nitrogens with zero attached hydrogens (tertiary/aromatic N) is 1. The number of nitrogens with one attached hydrogen (secondary N) is 1. The Morgan fingerprint density at radius 3 is 2.52 bits per heavy atom. The van der Waals surface area contributed by atoms with Crippen molar-refractivity contribution < 1.29 is 22.3 Å². The Morgan fingerprint density at radius 2 is 1.90 bits per heavy atom. The minimum Gasteiger partial charge on any atom is -0.471 e. The van der Waals surface area contributed by atoms with Crippen molar-refractivity contribution in [1.82, 2.24) is 10.3 Å². The van der Waals surface area contributed by atoms with Crippen LogP contribution in [0.3, 0.4) is 0 Å². The van der Waals surface area contributed by atoms with Gasteiger partial charge in [-0.3, -0.25) is 0 Å². The van der Waals surface area contributed by atoms with E-state index < -0.39 is 19.0 Å². The largest absolute Gasteiger partial charge is 0.471 e. The fraction of sp³-hybridized carbons (Fsp3) is 0.357. The van der Waals surface area contributed by atoms with Gasteiger partial charge in [-0.1, -0.05) is 18.2 Å². The maximum Gasteiger partial charge on any atom is 0.340 e. The molecule has 0 amide bonds. The highest BCUT2D eigenvalue weighted by molar-refractivity contribution is 5.89. The molecule has 0 unspecified atom stereocenters. The number of alkyl halides is 4. The number of fused-ring (bicyclic) bond motifs is 1. The van der Waals surface area contributed by atoms with Crippen molar-refractivity contribution >= 4 is 10.8 Å². The maximum absolute atomic E-state index is 12.9. The van der Waals surface area contributed by atoms with Gasteiger partial charge in [0.25, 0.3) is 0 Å². The monoisotopic (exact) mass is 302 g/mol. The molecule has 0 fully saturated rings. The fourth-order valence-corrected chi connectivity index (χ4v) is 1.90. The second-order valence-corrected chi connectivity index (χ2v) is 4.51. The number of hydrogen-bond donors (Lipinski definition) is 1. The van der Waals surface area contributed by atoms with Crippen LogP contribution in [-0.4, -0.2) is 31.0 Å². The summed E-state index contributed by atoms with van der Waals surface area (Å²) in [5, 5.41) is 4.25. The lowest BCUT2D eigenvalue weighted by Gasteiger charge is -2.17. The Hall–Kier alpha value is -1.89. The van der Waals surface area contributed by atoms with Crippen molar-refractivity contribution in [3.8, 4) is 5.88 Å². The molecule has 0 saturated carbocycles. The molecule has 0 atom stereocenters. The summed E-state index contributed by atoms with van der Waals surface area (Å²) in [6, 6.07) is 6.93. The SMILES string of the molecule is CNCc1cnc(OCC(F)(F)C(F)F)c2ccccc12. The third kappa shape index (κ3) is 3.41. The van der Waals surface area contributed by atoms with Crippen molar-refractivity contribution in [2.24, 2.45) is 0 Å². The van der Waals surface area contributed by atoms with Gasteiger partial charge in [0.05, 0.1) is 0 Å². The van der Waals surface area contributed by atoms with E-state index in [1.165, 1.54) is 6.20 Å². The molecule has 0 aliphatic heterocycles. The van der Waals surface area contributed by atoms with Crippen LogP contribution < -0.4 is 10.1 Å². The summed E-state index contributed by atoms with van der Waals surface area (Å²) in [6.45, 7) is -0.867. The van der Waals surface area contributed by atoms with Crippen LogP contribution in [0.4, 0.5) is 17.6 Å². The predicted octanol–water partition coefficient (Wildman–Crippen LogP) is 3.23. The van der Waals surface area contributed by atoms with E-state index in [2.05, 4.69) is 10.3 Å². The van der Waals surface area contributed by atoms with Gasteiger partial charge in [-0.05, 0) is 24.1 Å². The molecule has 1 aromatic heterocycles. The Balaban J connectivity index is 2.31. The molecule has 0 bridgehead atoms. The highest BCUT2D eigenvalue weighted by atomic mass is 19.3. The van der Waals surface area contributed by atoms with E-state index in [4.69, 9.17) is 4.74 Å². The van der Waals surface area contributed by atoms with Gasteiger partial charge in [0.1, 0.15) is 0 Å². The zero-order valence-electron chi connectivity index (χ0n) is 11.2. The highest BCUT2D eigenvalue weighted by Gasteiger charge is 2.42. The quantitative estimate of drug-likeness (QED) is 0.832. The zero-order chi connectivity index (χ0) is 15.5. The summed E-state index contributed by atoms with van der Waals surface area (Å²) >= 11 is 0. The molecular formula is C14H14F4N2O. The smallest absolute Gasteiger partial charge is 0.340 e. The van der Waals surface area contributed by atoms with Crippen LogP contribution >= 0.6 is 0 Å². The molecule has 0 saturated heterocycles. The van der Waals surface area contributed by atoms with Gasteiger partial charge in [0.15, 0.2) is 6.61 Å². The van der Waals surface area contributed by atoms with Crippen molar-refractivity contribution in [2.75, 3.05) is 13.7 Å². The summed E-state index contributed by atoms with van der Waals surface area (Å²) in [7, 11) is 1.77. The van der Waals surface area contributed by atoms with Crippen molar-refractivity contribution in [2.45, 2.75) is 18.9 Å². The van der Waals surface area contributed by atoms with E-state index in [1.54, 1.807) is 31.3 Å². The minimum atomic E-state index is -4.20. The Labute approximate surface area is 118 Å². The fourth-order valence-electron chi connectivity index (χ4n) is 1.90. The highest BCUT2D eigenvalue weighted by Crippen LogP contribution is 2.29. The first-order chi connectivity index (χ1) is 9.95. The van der Waals surface area contributed by atoms with Gasteiger partial charge in [-0.15, -0.1) is 0 Å². The number of aromatic nitrogens is 1. The van der Waals surface area contributed by atoms with Gasteiger partial charge < -0.3 is 10.1 Å². The average Bonchev–Trinajstić information content (AvgIpc) is 2.46. The second-order valence-electron chi connectivity index (χ2n) is 4.51. The van der Waals surface area contributed by atoms with Crippen molar-refractivity contribution in [3.63, 3.8) is 0 Å². The summed E-state index contributed by atoms with van der Waals surface area (Å²) in [6.07, 6.45) is -2.29. The minimum absolute atomic E-state index is 0.0780. The lowest BCUT2D eigenvalue weighted by Crippen LogP contribution is -2.34. The van der Waals surface area contributed by atoms with Gasteiger partial charge >= 0.3 is 12.3 Å². The zero-order valence-corrected chi connectivity index (χ0v) is 11.2. The van der Waals surface area contributed by atoms with E-state index in [0.717, 1.165) is 10.9 Å². The van der Waals surface area contributed by atoms with Gasteiger partial charge in [-0.25, -0.2) is 13.8 Å². The molecule has 0 aliphatic carbocycles. The number of halogens is 4. The maximum atomic E-state index is 12.9. The Morgan fingerprint density at radius 1 is 1.24 bits per heavy atom. The molecule has 0 aliphatic rings. The molecule has 7 heteroatoms. The van der Waals surface area contributed by atoms with Gasteiger partial charge in [0, 0.05) is 18.1 Å². The average molecular weight is 302 g/mol. The van der Waals surface area contributed by atoms with Gasteiger partial charge in [-0.2, -0.15) is 8.78 Å². The molecule has 1 N–H and O–H groups in total. The van der Waals surface area contributed by atoms with E-state index in [0.29, 0.717) is 11.9 Å². The summed E-state index contributed by atoms with van der Waals surface area (Å²) < 4.78 is 54.9. The van der Waals surface area contributed by atoms with Crippen LogP contribution in [0.2, 0.25) is 0 Å². The first-order valence-corrected chi connectivity index (χ1v) is 6.25. The van der Waals surface area contributed by atoms with Crippen LogP contribution in [-0.2, 0) is 6.54 Å². The predicted molar refractivity (Wildman–Crippen MR) is 71.0 cm³/mol. The van der Waals surface area contributed by atoms with Crippen molar-refractivity contribution in [1.29, 1.82) is 0 Å². The molecular weight excluding hydrogens is 288 g/mol. The van der Waals surface area contributed by atoms with E-state index in [1.807, 2.05) is 0 Å². The van der Waals surface area contributed by atoms with E-state index >= 15 is 0 Å². The third-order valence-electron chi connectivity index (χ3n) is 2.93. The Bertz CT molecular complexity index is 619. The first-order valence-electron chi connectivity index (χ1n) is 6.25. The molecule has 1 heterocycles. The number of pyridine rings is 1. The van der Waals surface area contributed by atoms with Crippen molar-refractivity contribution in [3.05, 3.63) is 36.0 Å². The molecule has 21 heavy (non-hydrogen) atoms. The standard InChI is InChI=1S/C14H14F4N2O/c1-19-6-9-7-20-12(11-5-3-2-4-10(9)11)21-8-14(17,18)13(15)16/h2-5,7,13,19H,6,8H2,1H3. The van der Waals surface area contributed by atoms with Crippen LogP contribution in [0.5, 0.6) is 5.88 Å². The molecule has 0 radical (unpaired) electrons. The lowest BCUT2D eigenvalue weighted by molar-refractivity contribution is -0.148. The molecule has 114 valence electrons. The molecule has 0 spiro atoms. The first kappa shape index (κ1) is 15.5. The third-order valence-corrected chi connectivity index (χ3v) is 2.93. The molecule has 2 rings (SSSR count). The summed E-state index contributed by atoms with van der Waals surface area (Å²) in [4.78, 5) is 3.95. The van der Waals surface area contributed by atoms with E-state index in [9.17, 15) is 17.6 Å². The number of benzene rings is 1. The van der Waals surface area contributed by atoms with E-state index in [-0.39, 0.29) is 5.88 Å². The molecule has 1 aromatic carbocycles. The van der Waals surface area contributed by atoms with Gasteiger partial charge in [0.2, 0.25) is 5.88 Å². The topological polar surface area (TPSA) is 34.2 Å². The normalized spacial score (nSPS) is 12.1. The Kier molecular flexibility index (Phi) is 4.62. The number of ether oxygens (including phenoxy) is 1. The lowest BCUT2D eigenvalue weighted by atomic mass is 10.1. The number of hydrogen-bond acceptors (Lipinski definition) is 3. The van der Waals surface area contributed by atoms with Crippen LogP contribution in [0.1, 0.15) is 5.56 Å². The van der Waals surface area contributed by atoms with Crippen LogP contribution in [0, 0.1) is 0 Å². The molecule has 3 nitrogen and oxygen atoms in total. The second kappa shape index (κ2) is 6.26. The molecule has 2 aromatic rings. The van der Waals surface area contributed by atoms with Crippen LogP contribution in [0.15, 0.2) is 30.5 Å². The number of rotatable bonds is 6.